The van der Waals surface area contributed by atoms with E-state index in [0.717, 1.165) is 28.6 Å². The van der Waals surface area contributed by atoms with Crippen LogP contribution in [0.5, 0.6) is 0 Å². The van der Waals surface area contributed by atoms with E-state index in [1.807, 2.05) is 11.4 Å². The quantitative estimate of drug-likeness (QED) is 0.656. The minimum Gasteiger partial charge on any atom is -0.478 e. The second-order valence-electron chi connectivity index (χ2n) is 3.84. The summed E-state index contributed by atoms with van der Waals surface area (Å²) in [5.74, 6) is -2.17. The third kappa shape index (κ3) is 3.91. The SMILES string of the molecule is O=C(O)C=Cc1ccsc1CSc1ccc(F)c(F)c1. The predicted octanol–water partition coefficient (Wildman–Crippen LogP) is 4.42. The number of thioether (sulfide) groups is 1. The molecule has 1 aromatic heterocycles. The number of rotatable bonds is 5. The van der Waals surface area contributed by atoms with E-state index in [2.05, 4.69) is 0 Å². The summed E-state index contributed by atoms with van der Waals surface area (Å²) in [6.45, 7) is 0. The van der Waals surface area contributed by atoms with Gasteiger partial charge in [0, 0.05) is 21.6 Å². The number of carboxylic acid groups (broad SMARTS) is 1. The van der Waals surface area contributed by atoms with Crippen LogP contribution in [0, 0.1) is 11.6 Å². The van der Waals surface area contributed by atoms with Crippen molar-refractivity contribution in [2.24, 2.45) is 0 Å². The van der Waals surface area contributed by atoms with Crippen LogP contribution in [0.15, 0.2) is 40.6 Å². The second-order valence-corrected chi connectivity index (χ2v) is 5.88. The fourth-order valence-electron chi connectivity index (χ4n) is 1.49. The third-order valence-electron chi connectivity index (χ3n) is 2.45. The van der Waals surface area contributed by atoms with Crippen molar-refractivity contribution in [3.05, 3.63) is 57.8 Å². The molecule has 0 aliphatic rings. The fraction of sp³-hybridized carbons (Fsp3) is 0.0714. The molecule has 1 heterocycles. The molecular formula is C14H10F2O2S2. The van der Waals surface area contributed by atoms with Crippen LogP contribution in [0.25, 0.3) is 6.08 Å². The van der Waals surface area contributed by atoms with Gasteiger partial charge in [-0.1, -0.05) is 0 Å². The van der Waals surface area contributed by atoms with Crippen LogP contribution in [-0.2, 0) is 10.5 Å². The first kappa shape index (κ1) is 14.7. The molecule has 0 saturated carbocycles. The standard InChI is InChI=1S/C14H10F2O2S2/c15-11-3-2-10(7-12(11)16)20-8-13-9(5-6-19-13)1-4-14(17)18/h1-7H,8H2,(H,17,18). The van der Waals surface area contributed by atoms with Gasteiger partial charge < -0.3 is 5.11 Å². The molecule has 0 saturated heterocycles. The summed E-state index contributed by atoms with van der Waals surface area (Å²) in [7, 11) is 0. The average Bonchev–Trinajstić information content (AvgIpc) is 2.85. The smallest absolute Gasteiger partial charge is 0.328 e. The van der Waals surface area contributed by atoms with Crippen LogP contribution in [0.4, 0.5) is 8.78 Å². The minimum atomic E-state index is -1.00. The number of benzene rings is 1. The van der Waals surface area contributed by atoms with Gasteiger partial charge in [0.25, 0.3) is 0 Å². The summed E-state index contributed by atoms with van der Waals surface area (Å²) in [5.41, 5.74) is 0.826. The van der Waals surface area contributed by atoms with E-state index >= 15 is 0 Å². The molecule has 0 aliphatic heterocycles. The number of hydrogen-bond acceptors (Lipinski definition) is 3. The van der Waals surface area contributed by atoms with Gasteiger partial charge in [0.2, 0.25) is 0 Å². The second kappa shape index (κ2) is 6.67. The van der Waals surface area contributed by atoms with E-state index in [0.29, 0.717) is 10.6 Å². The molecular weight excluding hydrogens is 302 g/mol. The number of aliphatic carboxylic acids is 1. The van der Waals surface area contributed by atoms with Crippen LogP contribution in [0.1, 0.15) is 10.4 Å². The maximum Gasteiger partial charge on any atom is 0.328 e. The van der Waals surface area contributed by atoms with Crippen molar-refractivity contribution >= 4 is 35.1 Å². The maximum absolute atomic E-state index is 13.1. The average molecular weight is 312 g/mol. The van der Waals surface area contributed by atoms with Gasteiger partial charge in [-0.2, -0.15) is 0 Å². The number of thiophene rings is 1. The molecule has 1 aromatic carbocycles. The van der Waals surface area contributed by atoms with Crippen molar-refractivity contribution in [1.82, 2.24) is 0 Å². The molecule has 0 amide bonds. The lowest BCUT2D eigenvalue weighted by molar-refractivity contribution is -0.131. The van der Waals surface area contributed by atoms with Gasteiger partial charge in [-0.15, -0.1) is 23.1 Å². The molecule has 0 bridgehead atoms. The molecule has 104 valence electrons. The summed E-state index contributed by atoms with van der Waals surface area (Å²) in [6.07, 6.45) is 2.60. The topological polar surface area (TPSA) is 37.3 Å². The van der Waals surface area contributed by atoms with E-state index in [9.17, 15) is 13.6 Å². The Labute approximate surface area is 122 Å². The maximum atomic E-state index is 13.1. The van der Waals surface area contributed by atoms with E-state index in [1.54, 1.807) is 0 Å². The molecule has 2 rings (SSSR count). The molecule has 0 spiro atoms. The van der Waals surface area contributed by atoms with Gasteiger partial charge in [0.1, 0.15) is 0 Å². The molecule has 0 fully saturated rings. The molecule has 2 nitrogen and oxygen atoms in total. The zero-order chi connectivity index (χ0) is 14.5. The van der Waals surface area contributed by atoms with Crippen LogP contribution in [0.3, 0.4) is 0 Å². The Morgan fingerprint density at radius 1 is 1.30 bits per heavy atom. The molecule has 0 aliphatic carbocycles. The molecule has 2 aromatic rings. The zero-order valence-electron chi connectivity index (χ0n) is 10.2. The highest BCUT2D eigenvalue weighted by atomic mass is 32.2. The molecule has 0 radical (unpaired) electrons. The largest absolute Gasteiger partial charge is 0.478 e. The highest BCUT2D eigenvalue weighted by Gasteiger charge is 2.06. The van der Waals surface area contributed by atoms with Crippen LogP contribution in [-0.4, -0.2) is 11.1 Å². The van der Waals surface area contributed by atoms with Crippen molar-refractivity contribution in [3.8, 4) is 0 Å². The summed E-state index contributed by atoms with van der Waals surface area (Å²) in [5, 5.41) is 10.5. The van der Waals surface area contributed by atoms with Crippen molar-refractivity contribution in [3.63, 3.8) is 0 Å². The Balaban J connectivity index is 2.05. The lowest BCUT2D eigenvalue weighted by Crippen LogP contribution is -1.87. The summed E-state index contributed by atoms with van der Waals surface area (Å²) in [6, 6.07) is 5.59. The Kier molecular flexibility index (Phi) is 4.92. The first-order valence-corrected chi connectivity index (χ1v) is 7.48. The predicted molar refractivity (Wildman–Crippen MR) is 76.9 cm³/mol. The first-order valence-electron chi connectivity index (χ1n) is 5.61. The Hall–Kier alpha value is -1.66. The molecule has 6 heteroatoms. The van der Waals surface area contributed by atoms with E-state index in [-0.39, 0.29) is 0 Å². The zero-order valence-corrected chi connectivity index (χ0v) is 11.8. The van der Waals surface area contributed by atoms with Gasteiger partial charge in [0.05, 0.1) is 0 Å². The Morgan fingerprint density at radius 3 is 2.80 bits per heavy atom. The lowest BCUT2D eigenvalue weighted by atomic mass is 10.2. The number of carboxylic acids is 1. The molecule has 20 heavy (non-hydrogen) atoms. The van der Waals surface area contributed by atoms with Crippen molar-refractivity contribution in [2.45, 2.75) is 10.6 Å². The van der Waals surface area contributed by atoms with Gasteiger partial charge in [0.15, 0.2) is 11.6 Å². The molecule has 0 atom stereocenters. The van der Waals surface area contributed by atoms with Gasteiger partial charge in [-0.3, -0.25) is 0 Å². The molecule has 1 N–H and O–H groups in total. The minimum absolute atomic E-state index is 0.571. The van der Waals surface area contributed by atoms with Crippen molar-refractivity contribution in [1.29, 1.82) is 0 Å². The lowest BCUT2D eigenvalue weighted by Gasteiger charge is -2.02. The third-order valence-corrected chi connectivity index (χ3v) is 4.59. The van der Waals surface area contributed by atoms with Crippen LogP contribution < -0.4 is 0 Å². The Bertz CT molecular complexity index is 650. The van der Waals surface area contributed by atoms with Crippen LogP contribution >= 0.6 is 23.1 Å². The van der Waals surface area contributed by atoms with Crippen molar-refractivity contribution in [2.75, 3.05) is 0 Å². The van der Waals surface area contributed by atoms with Crippen LogP contribution in [0.2, 0.25) is 0 Å². The van der Waals surface area contributed by atoms with E-state index in [4.69, 9.17) is 5.11 Å². The number of hydrogen-bond donors (Lipinski definition) is 1. The first-order chi connectivity index (χ1) is 9.56. The highest BCUT2D eigenvalue weighted by Crippen LogP contribution is 2.29. The highest BCUT2D eigenvalue weighted by molar-refractivity contribution is 7.98. The molecule has 0 unspecified atom stereocenters. The van der Waals surface area contributed by atoms with E-state index in [1.165, 1.54) is 35.2 Å². The van der Waals surface area contributed by atoms with E-state index < -0.39 is 17.6 Å². The summed E-state index contributed by atoms with van der Waals surface area (Å²) >= 11 is 2.87. The number of halogens is 2. The summed E-state index contributed by atoms with van der Waals surface area (Å²) < 4.78 is 25.9. The number of carbonyl (C=O) groups is 1. The fourth-order valence-corrected chi connectivity index (χ4v) is 3.41. The normalized spacial score (nSPS) is 11.1. The van der Waals surface area contributed by atoms with Gasteiger partial charge in [-0.05, 0) is 41.3 Å². The summed E-state index contributed by atoms with van der Waals surface area (Å²) in [4.78, 5) is 12.1. The van der Waals surface area contributed by atoms with Gasteiger partial charge >= 0.3 is 5.97 Å². The van der Waals surface area contributed by atoms with Crippen molar-refractivity contribution < 1.29 is 18.7 Å². The Morgan fingerprint density at radius 2 is 2.10 bits per heavy atom. The monoisotopic (exact) mass is 312 g/mol. The van der Waals surface area contributed by atoms with Gasteiger partial charge in [-0.25, -0.2) is 13.6 Å².